The van der Waals surface area contributed by atoms with Crippen LogP contribution in [0.2, 0.25) is 0 Å². The van der Waals surface area contributed by atoms with Gasteiger partial charge < -0.3 is 24.1 Å². The Labute approximate surface area is 206 Å². The summed E-state index contributed by atoms with van der Waals surface area (Å²) >= 11 is 0. The number of rotatable bonds is 5. The van der Waals surface area contributed by atoms with E-state index in [1.807, 2.05) is 0 Å². The molecule has 0 bridgehead atoms. The maximum absolute atomic E-state index is 14.1. The summed E-state index contributed by atoms with van der Waals surface area (Å²) in [5, 5.41) is 11.3. The number of nitrogens with zero attached hydrogens (tertiary/aromatic N) is 1. The highest BCUT2D eigenvalue weighted by atomic mass is 19.1. The highest BCUT2D eigenvalue weighted by Gasteiger charge is 2.48. The summed E-state index contributed by atoms with van der Waals surface area (Å²) in [6, 6.07) is 14.2. The number of halogens is 1. The van der Waals surface area contributed by atoms with Crippen molar-refractivity contribution in [1.29, 1.82) is 0 Å². The van der Waals surface area contributed by atoms with Crippen molar-refractivity contribution in [3.63, 3.8) is 0 Å². The van der Waals surface area contributed by atoms with Gasteiger partial charge in [0.25, 0.3) is 11.7 Å². The van der Waals surface area contributed by atoms with E-state index in [1.165, 1.54) is 31.3 Å². The fourth-order valence-electron chi connectivity index (χ4n) is 4.48. The number of benzene rings is 3. The molecule has 9 heteroatoms. The molecule has 0 aliphatic carbocycles. The van der Waals surface area contributed by atoms with Crippen LogP contribution < -0.4 is 23.8 Å². The molecular weight excluding hydrogens is 469 g/mol. The third-order valence-electron chi connectivity index (χ3n) is 6.10. The Kier molecular flexibility index (Phi) is 5.97. The van der Waals surface area contributed by atoms with Crippen LogP contribution in [0.1, 0.15) is 17.2 Å². The number of aliphatic hydroxyl groups excluding tert-OH is 1. The van der Waals surface area contributed by atoms with Gasteiger partial charge in [0.1, 0.15) is 36.3 Å². The molecule has 1 amide bonds. The quantitative estimate of drug-likeness (QED) is 0.324. The van der Waals surface area contributed by atoms with Gasteiger partial charge in [-0.05, 0) is 36.4 Å². The Bertz CT molecular complexity index is 1400. The van der Waals surface area contributed by atoms with Crippen LogP contribution in [-0.4, -0.2) is 44.2 Å². The molecule has 1 fully saturated rings. The van der Waals surface area contributed by atoms with Gasteiger partial charge in [-0.25, -0.2) is 4.39 Å². The van der Waals surface area contributed by atoms with E-state index in [4.69, 9.17) is 18.9 Å². The van der Waals surface area contributed by atoms with E-state index in [9.17, 15) is 19.1 Å². The largest absolute Gasteiger partial charge is 0.507 e. The summed E-state index contributed by atoms with van der Waals surface area (Å²) < 4.78 is 36.2. The Balaban J connectivity index is 1.76. The summed E-state index contributed by atoms with van der Waals surface area (Å²) in [5.41, 5.74) is 0.509. The van der Waals surface area contributed by atoms with Crippen LogP contribution in [0.15, 0.2) is 66.2 Å². The number of para-hydroxylation sites is 1. The maximum atomic E-state index is 14.1. The summed E-state index contributed by atoms with van der Waals surface area (Å²) in [4.78, 5) is 28.1. The fourth-order valence-corrected chi connectivity index (χ4v) is 4.48. The molecule has 0 radical (unpaired) electrons. The highest BCUT2D eigenvalue weighted by Crippen LogP contribution is 2.47. The number of amides is 1. The number of carbonyl (C=O) groups is 2. The predicted octanol–water partition coefficient (Wildman–Crippen LogP) is 4.24. The molecule has 1 atom stereocenters. The number of ketones is 1. The van der Waals surface area contributed by atoms with Crippen LogP contribution in [0.5, 0.6) is 23.0 Å². The average molecular weight is 491 g/mol. The Morgan fingerprint density at radius 2 is 1.67 bits per heavy atom. The molecule has 184 valence electrons. The molecule has 3 aromatic rings. The van der Waals surface area contributed by atoms with Crippen LogP contribution in [0.3, 0.4) is 0 Å². The first-order valence-electron chi connectivity index (χ1n) is 11.1. The Morgan fingerprint density at radius 3 is 2.42 bits per heavy atom. The number of ether oxygens (including phenoxy) is 4. The summed E-state index contributed by atoms with van der Waals surface area (Å²) in [7, 11) is 2.82. The smallest absolute Gasteiger partial charge is 0.300 e. The molecule has 3 aromatic carbocycles. The molecule has 1 N–H and O–H groups in total. The molecule has 8 nitrogen and oxygen atoms in total. The topological polar surface area (TPSA) is 94.5 Å². The molecule has 2 heterocycles. The van der Waals surface area contributed by atoms with E-state index in [-0.39, 0.29) is 16.9 Å². The first-order chi connectivity index (χ1) is 17.4. The zero-order chi connectivity index (χ0) is 25.4. The average Bonchev–Trinajstić information content (AvgIpc) is 3.17. The summed E-state index contributed by atoms with van der Waals surface area (Å²) in [6.45, 7) is 0.734. The van der Waals surface area contributed by atoms with Gasteiger partial charge in [-0.3, -0.25) is 14.5 Å². The van der Waals surface area contributed by atoms with Crippen molar-refractivity contribution in [3.05, 3.63) is 83.2 Å². The van der Waals surface area contributed by atoms with Gasteiger partial charge in [0.05, 0.1) is 31.4 Å². The van der Waals surface area contributed by atoms with E-state index in [0.29, 0.717) is 41.7 Å². The van der Waals surface area contributed by atoms with Crippen molar-refractivity contribution in [2.24, 2.45) is 0 Å². The zero-order valence-corrected chi connectivity index (χ0v) is 19.5. The van der Waals surface area contributed by atoms with E-state index in [2.05, 4.69) is 0 Å². The van der Waals surface area contributed by atoms with Gasteiger partial charge >= 0.3 is 0 Å². The number of hydrogen-bond donors (Lipinski definition) is 1. The van der Waals surface area contributed by atoms with Gasteiger partial charge in [0, 0.05) is 17.3 Å². The number of Topliss-reactive ketones (excluding diaryl/α,β-unsaturated/α-hetero) is 1. The number of carbonyl (C=O) groups excluding carboxylic acids is 2. The van der Waals surface area contributed by atoms with Crippen molar-refractivity contribution in [2.45, 2.75) is 6.04 Å². The lowest BCUT2D eigenvalue weighted by atomic mass is 9.94. The second kappa shape index (κ2) is 9.26. The molecule has 2 aliphatic rings. The van der Waals surface area contributed by atoms with E-state index >= 15 is 0 Å². The maximum Gasteiger partial charge on any atom is 0.300 e. The fraction of sp³-hybridized carbons (Fsp3) is 0.185. The number of fused-ring (bicyclic) bond motifs is 1. The van der Waals surface area contributed by atoms with Crippen LogP contribution in [0, 0.1) is 5.82 Å². The molecule has 2 aliphatic heterocycles. The molecule has 0 saturated carbocycles. The third-order valence-corrected chi connectivity index (χ3v) is 6.10. The minimum absolute atomic E-state index is 0.0578. The number of aliphatic hydroxyl groups is 1. The van der Waals surface area contributed by atoms with Gasteiger partial charge in [0.15, 0.2) is 11.5 Å². The monoisotopic (exact) mass is 491 g/mol. The Morgan fingerprint density at radius 1 is 0.944 bits per heavy atom. The van der Waals surface area contributed by atoms with Crippen molar-refractivity contribution in [2.75, 3.05) is 32.3 Å². The number of hydrogen-bond acceptors (Lipinski definition) is 7. The van der Waals surface area contributed by atoms with Crippen LogP contribution in [0.4, 0.5) is 10.1 Å². The molecule has 1 unspecified atom stereocenters. The van der Waals surface area contributed by atoms with Crippen molar-refractivity contribution < 1.29 is 38.0 Å². The first kappa shape index (κ1) is 23.2. The second-order valence-corrected chi connectivity index (χ2v) is 8.08. The number of anilines is 1. The van der Waals surface area contributed by atoms with E-state index in [0.717, 1.165) is 6.07 Å². The lowest BCUT2D eigenvalue weighted by Gasteiger charge is -2.28. The predicted molar refractivity (Wildman–Crippen MR) is 128 cm³/mol. The highest BCUT2D eigenvalue weighted by molar-refractivity contribution is 6.51. The first-order valence-corrected chi connectivity index (χ1v) is 11.1. The van der Waals surface area contributed by atoms with Crippen LogP contribution in [-0.2, 0) is 9.59 Å². The summed E-state index contributed by atoms with van der Waals surface area (Å²) in [5.74, 6) is -1.56. The molecular formula is C27H22FNO7. The van der Waals surface area contributed by atoms with Gasteiger partial charge in [0.2, 0.25) is 0 Å². The minimum atomic E-state index is -1.09. The zero-order valence-electron chi connectivity index (χ0n) is 19.5. The van der Waals surface area contributed by atoms with Crippen molar-refractivity contribution >= 4 is 23.1 Å². The molecule has 0 spiro atoms. The molecule has 0 aromatic heterocycles. The van der Waals surface area contributed by atoms with E-state index < -0.39 is 29.3 Å². The van der Waals surface area contributed by atoms with Crippen LogP contribution >= 0.6 is 0 Å². The Hall–Kier alpha value is -4.53. The van der Waals surface area contributed by atoms with Crippen LogP contribution in [0.25, 0.3) is 5.76 Å². The lowest BCUT2D eigenvalue weighted by molar-refractivity contribution is -0.132. The minimum Gasteiger partial charge on any atom is -0.507 e. The normalized spacial score (nSPS) is 18.3. The summed E-state index contributed by atoms with van der Waals surface area (Å²) in [6.07, 6.45) is 0. The lowest BCUT2D eigenvalue weighted by Crippen LogP contribution is -2.30. The van der Waals surface area contributed by atoms with Gasteiger partial charge in [-0.1, -0.05) is 18.2 Å². The van der Waals surface area contributed by atoms with E-state index in [1.54, 1.807) is 42.5 Å². The van der Waals surface area contributed by atoms with Gasteiger partial charge in [-0.15, -0.1) is 0 Å². The molecule has 5 rings (SSSR count). The second-order valence-electron chi connectivity index (χ2n) is 8.08. The van der Waals surface area contributed by atoms with Gasteiger partial charge in [-0.2, -0.15) is 0 Å². The standard InChI is InChI=1S/C27H22FNO7/c1-33-19-6-4-3-5-17(19)24-23(25(30)18-13-15(28)7-9-20(18)34-2)26(31)27(32)29(24)16-8-10-21-22(14-16)36-12-11-35-21/h3-10,13-14,24,30H,11-12H2,1-2H3/b25-23+. The molecule has 1 saturated heterocycles. The third kappa shape index (κ3) is 3.78. The molecule has 36 heavy (non-hydrogen) atoms. The number of methoxy groups -OCH3 is 2. The van der Waals surface area contributed by atoms with Crippen molar-refractivity contribution in [3.8, 4) is 23.0 Å². The SMILES string of the molecule is COc1ccc(F)cc1/C(O)=C1\C(=O)C(=O)N(c2ccc3c(c2)OCCO3)C1c1ccccc1OC. The van der Waals surface area contributed by atoms with Crippen molar-refractivity contribution in [1.82, 2.24) is 0 Å².